The minimum absolute atomic E-state index is 0.143. The average molecular weight is 248 g/mol. The molecule has 0 aliphatic heterocycles. The summed E-state index contributed by atoms with van der Waals surface area (Å²) in [7, 11) is 3.07. The third-order valence-electron chi connectivity index (χ3n) is 2.30. The second-order valence-corrected chi connectivity index (χ2v) is 3.39. The van der Waals surface area contributed by atoms with Crippen LogP contribution in [0.2, 0.25) is 0 Å². The highest BCUT2D eigenvalue weighted by Gasteiger charge is 2.11. The van der Waals surface area contributed by atoms with Gasteiger partial charge in [-0.25, -0.2) is 4.98 Å². The number of hydrogen-bond donors (Lipinski definition) is 1. The second-order valence-electron chi connectivity index (χ2n) is 3.39. The molecule has 18 heavy (non-hydrogen) atoms. The van der Waals surface area contributed by atoms with E-state index in [2.05, 4.69) is 10.3 Å². The van der Waals surface area contributed by atoms with Crippen molar-refractivity contribution in [3.05, 3.63) is 36.5 Å². The first kappa shape index (κ1) is 12.0. The lowest BCUT2D eigenvalue weighted by atomic mass is 10.2. The topological polar surface area (TPSA) is 73.6 Å². The molecule has 0 radical (unpaired) electrons. The fraction of sp³-hybridized carbons (Fsp3) is 0.167. The van der Waals surface area contributed by atoms with Crippen LogP contribution in [0.3, 0.4) is 0 Å². The van der Waals surface area contributed by atoms with Crippen molar-refractivity contribution in [2.24, 2.45) is 0 Å². The Kier molecular flexibility index (Phi) is 3.47. The van der Waals surface area contributed by atoms with Crippen molar-refractivity contribution in [1.29, 1.82) is 0 Å². The maximum Gasteiger partial charge on any atom is 0.293 e. The predicted molar refractivity (Wildman–Crippen MR) is 64.0 cm³/mol. The first-order chi connectivity index (χ1) is 8.74. The number of aromatic nitrogens is 1. The van der Waals surface area contributed by atoms with Gasteiger partial charge in [0.05, 0.1) is 20.4 Å². The predicted octanol–water partition coefficient (Wildman–Crippen LogP) is 1.94. The molecule has 1 amide bonds. The molecule has 0 bridgehead atoms. The Morgan fingerprint density at radius 1 is 1.28 bits per heavy atom. The third kappa shape index (κ3) is 2.42. The van der Waals surface area contributed by atoms with E-state index in [1.807, 2.05) is 0 Å². The van der Waals surface area contributed by atoms with Crippen molar-refractivity contribution in [2.75, 3.05) is 19.5 Å². The van der Waals surface area contributed by atoms with Crippen LogP contribution in [0.1, 0.15) is 10.6 Å². The largest absolute Gasteiger partial charge is 0.493 e. The monoisotopic (exact) mass is 248 g/mol. The van der Waals surface area contributed by atoms with Crippen molar-refractivity contribution < 1.29 is 18.7 Å². The van der Waals surface area contributed by atoms with Crippen LogP contribution in [0.15, 0.2) is 35.2 Å². The molecule has 2 aromatic rings. The summed E-state index contributed by atoms with van der Waals surface area (Å²) in [5.41, 5.74) is 0.578. The zero-order chi connectivity index (χ0) is 13.0. The Morgan fingerprint density at radius 2 is 2.06 bits per heavy atom. The maximum absolute atomic E-state index is 11.7. The Labute approximate surface area is 104 Å². The number of carbonyl (C=O) groups excluding carboxylic acids is 1. The van der Waals surface area contributed by atoms with Gasteiger partial charge in [-0.3, -0.25) is 4.79 Å². The van der Waals surface area contributed by atoms with Crippen LogP contribution in [0.4, 0.5) is 5.69 Å². The van der Waals surface area contributed by atoms with Crippen molar-refractivity contribution in [3.8, 4) is 11.5 Å². The van der Waals surface area contributed by atoms with Gasteiger partial charge in [0.15, 0.2) is 17.9 Å². The van der Waals surface area contributed by atoms with Crippen molar-refractivity contribution in [3.63, 3.8) is 0 Å². The molecule has 1 aromatic carbocycles. The van der Waals surface area contributed by atoms with Gasteiger partial charge in [0.25, 0.3) is 5.91 Å². The summed E-state index contributed by atoms with van der Waals surface area (Å²) in [5, 5.41) is 2.66. The normalized spacial score (nSPS) is 9.89. The number of ether oxygens (including phenoxy) is 2. The van der Waals surface area contributed by atoms with Crippen molar-refractivity contribution in [1.82, 2.24) is 4.98 Å². The molecule has 0 fully saturated rings. The summed E-state index contributed by atoms with van der Waals surface area (Å²) in [6, 6.07) is 5.07. The van der Waals surface area contributed by atoms with Gasteiger partial charge in [-0.1, -0.05) is 0 Å². The van der Waals surface area contributed by atoms with E-state index < -0.39 is 0 Å². The van der Waals surface area contributed by atoms with Gasteiger partial charge in [-0.05, 0) is 12.1 Å². The lowest BCUT2D eigenvalue weighted by Crippen LogP contribution is -2.10. The summed E-state index contributed by atoms with van der Waals surface area (Å²) in [5.74, 6) is 0.896. The van der Waals surface area contributed by atoms with Crippen LogP contribution >= 0.6 is 0 Å². The van der Waals surface area contributed by atoms with Crippen LogP contribution in [0, 0.1) is 0 Å². The molecule has 1 heterocycles. The molecule has 0 aliphatic carbocycles. The minimum atomic E-state index is -0.375. The number of methoxy groups -OCH3 is 2. The van der Waals surface area contributed by atoms with Gasteiger partial charge in [0, 0.05) is 11.8 Å². The van der Waals surface area contributed by atoms with Gasteiger partial charge in [-0.15, -0.1) is 0 Å². The Balaban J connectivity index is 2.17. The van der Waals surface area contributed by atoms with Crippen LogP contribution in [-0.4, -0.2) is 25.1 Å². The summed E-state index contributed by atoms with van der Waals surface area (Å²) < 4.78 is 15.1. The molecule has 0 aliphatic rings. The van der Waals surface area contributed by atoms with Crippen molar-refractivity contribution in [2.45, 2.75) is 0 Å². The van der Waals surface area contributed by atoms with E-state index in [0.29, 0.717) is 17.2 Å². The quantitative estimate of drug-likeness (QED) is 0.895. The Morgan fingerprint density at radius 3 is 2.67 bits per heavy atom. The lowest BCUT2D eigenvalue weighted by Gasteiger charge is -2.09. The molecule has 0 saturated heterocycles. The minimum Gasteiger partial charge on any atom is -0.493 e. The molecule has 2 rings (SSSR count). The third-order valence-corrected chi connectivity index (χ3v) is 2.30. The SMILES string of the molecule is COc1ccc(NC(=O)c2cnco2)cc1OC. The van der Waals surface area contributed by atoms with E-state index in [-0.39, 0.29) is 11.7 Å². The number of carbonyl (C=O) groups is 1. The molecule has 0 unspecified atom stereocenters. The number of anilines is 1. The summed E-state index contributed by atoms with van der Waals surface area (Å²) in [4.78, 5) is 15.4. The van der Waals surface area contributed by atoms with Gasteiger partial charge in [0.1, 0.15) is 0 Å². The van der Waals surface area contributed by atoms with Gasteiger partial charge in [-0.2, -0.15) is 0 Å². The fourth-order valence-corrected chi connectivity index (χ4v) is 1.43. The first-order valence-corrected chi connectivity index (χ1v) is 5.16. The van der Waals surface area contributed by atoms with Crippen LogP contribution in [0.25, 0.3) is 0 Å². The zero-order valence-electron chi connectivity index (χ0n) is 9.97. The van der Waals surface area contributed by atoms with E-state index in [4.69, 9.17) is 13.9 Å². The summed E-state index contributed by atoms with van der Waals surface area (Å²) in [6.07, 6.45) is 2.54. The Hall–Kier alpha value is -2.50. The maximum atomic E-state index is 11.7. The number of nitrogens with one attached hydrogen (secondary N) is 1. The molecule has 94 valence electrons. The number of rotatable bonds is 4. The number of benzene rings is 1. The molecule has 6 heteroatoms. The summed E-state index contributed by atoms with van der Waals surface area (Å²) in [6.45, 7) is 0. The van der Waals surface area contributed by atoms with Gasteiger partial charge < -0.3 is 19.2 Å². The number of nitrogens with zero attached hydrogens (tertiary/aromatic N) is 1. The van der Waals surface area contributed by atoms with Gasteiger partial charge in [0.2, 0.25) is 5.76 Å². The Bertz CT molecular complexity index is 537. The van der Waals surface area contributed by atoms with E-state index in [0.717, 1.165) is 0 Å². The average Bonchev–Trinajstić information content (AvgIpc) is 2.92. The molecular weight excluding hydrogens is 236 g/mol. The van der Waals surface area contributed by atoms with Crippen molar-refractivity contribution >= 4 is 11.6 Å². The number of amides is 1. The molecule has 6 nitrogen and oxygen atoms in total. The number of oxazole rings is 1. The first-order valence-electron chi connectivity index (χ1n) is 5.16. The lowest BCUT2D eigenvalue weighted by molar-refractivity contribution is 0.0996. The number of hydrogen-bond acceptors (Lipinski definition) is 5. The fourth-order valence-electron chi connectivity index (χ4n) is 1.43. The molecular formula is C12H12N2O4. The van der Waals surface area contributed by atoms with Crippen LogP contribution in [-0.2, 0) is 0 Å². The highest BCUT2D eigenvalue weighted by atomic mass is 16.5. The van der Waals surface area contributed by atoms with E-state index >= 15 is 0 Å². The zero-order valence-corrected chi connectivity index (χ0v) is 9.97. The highest BCUT2D eigenvalue weighted by Crippen LogP contribution is 2.29. The van der Waals surface area contributed by atoms with Crippen LogP contribution in [0.5, 0.6) is 11.5 Å². The van der Waals surface area contributed by atoms with E-state index in [9.17, 15) is 4.79 Å². The molecule has 0 spiro atoms. The molecule has 0 atom stereocenters. The standard InChI is InChI=1S/C12H12N2O4/c1-16-9-4-3-8(5-10(9)17-2)14-12(15)11-6-13-7-18-11/h3-7H,1-2H3,(H,14,15). The molecule has 1 aromatic heterocycles. The van der Waals surface area contributed by atoms with E-state index in [1.54, 1.807) is 25.3 Å². The summed E-state index contributed by atoms with van der Waals surface area (Å²) >= 11 is 0. The highest BCUT2D eigenvalue weighted by molar-refractivity contribution is 6.02. The molecule has 1 N–H and O–H groups in total. The molecule has 0 saturated carbocycles. The smallest absolute Gasteiger partial charge is 0.293 e. The van der Waals surface area contributed by atoms with E-state index in [1.165, 1.54) is 19.7 Å². The second kappa shape index (κ2) is 5.22. The van der Waals surface area contributed by atoms with Crippen LogP contribution < -0.4 is 14.8 Å². The van der Waals surface area contributed by atoms with Gasteiger partial charge >= 0.3 is 0 Å².